The molecule has 18 heavy (non-hydrogen) atoms. The lowest BCUT2D eigenvalue weighted by Crippen LogP contribution is -2.27. The quantitative estimate of drug-likeness (QED) is 0.757. The fourth-order valence-electron chi connectivity index (χ4n) is 1.82. The molecule has 1 aliphatic carbocycles. The van der Waals surface area contributed by atoms with Gasteiger partial charge in [-0.3, -0.25) is 4.79 Å². The second-order valence-electron chi connectivity index (χ2n) is 3.94. The van der Waals surface area contributed by atoms with Gasteiger partial charge in [0.2, 0.25) is 0 Å². The predicted octanol–water partition coefficient (Wildman–Crippen LogP) is 2.62. The normalized spacial score (nSPS) is 16.2. The van der Waals surface area contributed by atoms with E-state index in [4.69, 9.17) is 4.74 Å². The zero-order valence-electron chi connectivity index (χ0n) is 10.2. The van der Waals surface area contributed by atoms with Crippen LogP contribution in [0.3, 0.4) is 0 Å². The molecule has 1 aromatic rings. The highest BCUT2D eigenvalue weighted by Crippen LogP contribution is 2.31. The number of ketones is 1. The van der Waals surface area contributed by atoms with Crippen LogP contribution in [0.25, 0.3) is 0 Å². The summed E-state index contributed by atoms with van der Waals surface area (Å²) in [5.74, 6) is 5.65. The first-order valence-electron chi connectivity index (χ1n) is 5.78. The van der Waals surface area contributed by atoms with Crippen molar-refractivity contribution in [2.75, 3.05) is 6.61 Å². The molecule has 0 amide bonds. The van der Waals surface area contributed by atoms with Crippen molar-refractivity contribution in [3.05, 3.63) is 60.2 Å². The van der Waals surface area contributed by atoms with Crippen LogP contribution in [0, 0.1) is 11.8 Å². The van der Waals surface area contributed by atoms with Gasteiger partial charge >= 0.3 is 0 Å². The van der Waals surface area contributed by atoms with E-state index in [1.807, 2.05) is 30.3 Å². The Morgan fingerprint density at radius 1 is 1.17 bits per heavy atom. The van der Waals surface area contributed by atoms with E-state index < -0.39 is 5.60 Å². The van der Waals surface area contributed by atoms with Gasteiger partial charge in [-0.2, -0.15) is 0 Å². The van der Waals surface area contributed by atoms with Crippen LogP contribution in [0.15, 0.2) is 54.6 Å². The summed E-state index contributed by atoms with van der Waals surface area (Å²) in [6.07, 6.45) is 6.63. The Morgan fingerprint density at radius 3 is 2.44 bits per heavy atom. The Bertz CT molecular complexity index is 525. The standard InChI is InChI=1S/C16H14O2/c1-2-3-13-18-16(11-9-15(17)10-12-16)14-7-5-4-6-8-14/h4-12H,13H2,1H3. The number of hydrogen-bond donors (Lipinski definition) is 0. The van der Waals surface area contributed by atoms with Gasteiger partial charge in [-0.25, -0.2) is 0 Å². The zero-order chi connectivity index (χ0) is 12.8. The molecule has 90 valence electrons. The summed E-state index contributed by atoms with van der Waals surface area (Å²) in [5.41, 5.74) is 0.307. The highest BCUT2D eigenvalue weighted by atomic mass is 16.5. The molecule has 0 fully saturated rings. The van der Waals surface area contributed by atoms with Crippen LogP contribution in [0.5, 0.6) is 0 Å². The molecule has 2 nitrogen and oxygen atoms in total. The fourth-order valence-corrected chi connectivity index (χ4v) is 1.82. The maximum atomic E-state index is 11.3. The van der Waals surface area contributed by atoms with E-state index in [2.05, 4.69) is 11.8 Å². The van der Waals surface area contributed by atoms with Gasteiger partial charge in [-0.15, -0.1) is 5.92 Å². The summed E-state index contributed by atoms with van der Waals surface area (Å²) in [7, 11) is 0. The van der Waals surface area contributed by atoms with Gasteiger partial charge in [-0.1, -0.05) is 36.3 Å². The smallest absolute Gasteiger partial charge is 0.178 e. The molecule has 0 N–H and O–H groups in total. The third-order valence-electron chi connectivity index (χ3n) is 2.78. The molecule has 0 heterocycles. The molecule has 0 bridgehead atoms. The molecule has 0 atom stereocenters. The number of allylic oxidation sites excluding steroid dienone is 2. The van der Waals surface area contributed by atoms with Crippen LogP contribution in [0.2, 0.25) is 0 Å². The number of carbonyl (C=O) groups excluding carboxylic acids is 1. The minimum Gasteiger partial charge on any atom is -0.349 e. The van der Waals surface area contributed by atoms with Crippen LogP contribution >= 0.6 is 0 Å². The lowest BCUT2D eigenvalue weighted by atomic mass is 9.89. The first kappa shape index (κ1) is 12.3. The van der Waals surface area contributed by atoms with E-state index in [9.17, 15) is 4.79 Å². The van der Waals surface area contributed by atoms with Crippen LogP contribution in [0.1, 0.15) is 12.5 Å². The van der Waals surface area contributed by atoms with Crippen molar-refractivity contribution in [2.45, 2.75) is 12.5 Å². The van der Waals surface area contributed by atoms with Gasteiger partial charge < -0.3 is 4.74 Å². The molecule has 2 heteroatoms. The first-order chi connectivity index (χ1) is 8.77. The lowest BCUT2D eigenvalue weighted by molar-refractivity contribution is -0.110. The van der Waals surface area contributed by atoms with Gasteiger partial charge in [0.05, 0.1) is 0 Å². The van der Waals surface area contributed by atoms with E-state index in [1.165, 1.54) is 12.2 Å². The van der Waals surface area contributed by atoms with E-state index in [1.54, 1.807) is 19.1 Å². The highest BCUT2D eigenvalue weighted by Gasteiger charge is 2.29. The van der Waals surface area contributed by atoms with Crippen molar-refractivity contribution in [1.82, 2.24) is 0 Å². The summed E-state index contributed by atoms with van der Waals surface area (Å²) in [6, 6.07) is 9.80. The minimum atomic E-state index is -0.682. The Morgan fingerprint density at radius 2 is 1.83 bits per heavy atom. The van der Waals surface area contributed by atoms with Crippen molar-refractivity contribution < 1.29 is 9.53 Å². The van der Waals surface area contributed by atoms with Crippen molar-refractivity contribution in [1.29, 1.82) is 0 Å². The molecule has 0 saturated heterocycles. The van der Waals surface area contributed by atoms with E-state index in [0.29, 0.717) is 6.61 Å². The number of ether oxygens (including phenoxy) is 1. The summed E-state index contributed by atoms with van der Waals surface area (Å²) >= 11 is 0. The summed E-state index contributed by atoms with van der Waals surface area (Å²) in [4.78, 5) is 11.3. The molecule has 0 spiro atoms. The molecular weight excluding hydrogens is 224 g/mol. The van der Waals surface area contributed by atoms with Crippen molar-refractivity contribution in [3.8, 4) is 11.8 Å². The first-order valence-corrected chi connectivity index (χ1v) is 5.78. The van der Waals surface area contributed by atoms with Gasteiger partial charge in [0, 0.05) is 0 Å². The topological polar surface area (TPSA) is 26.3 Å². The van der Waals surface area contributed by atoms with Crippen LogP contribution in [-0.4, -0.2) is 12.4 Å². The second kappa shape index (κ2) is 5.48. The summed E-state index contributed by atoms with van der Waals surface area (Å²) in [6.45, 7) is 2.10. The molecule has 0 aliphatic heterocycles. The minimum absolute atomic E-state index is 0.0215. The Labute approximate surface area is 107 Å². The average Bonchev–Trinajstić information content (AvgIpc) is 2.43. The number of benzene rings is 1. The van der Waals surface area contributed by atoms with Crippen LogP contribution in [-0.2, 0) is 15.1 Å². The summed E-state index contributed by atoms with van der Waals surface area (Å²) < 4.78 is 5.85. The van der Waals surface area contributed by atoms with Crippen molar-refractivity contribution >= 4 is 5.78 Å². The lowest BCUT2D eigenvalue weighted by Gasteiger charge is -2.29. The Balaban J connectivity index is 2.34. The maximum Gasteiger partial charge on any atom is 0.178 e. The number of hydrogen-bond acceptors (Lipinski definition) is 2. The van der Waals surface area contributed by atoms with Crippen LogP contribution < -0.4 is 0 Å². The molecule has 0 radical (unpaired) electrons. The number of rotatable bonds is 3. The average molecular weight is 238 g/mol. The van der Waals surface area contributed by atoms with E-state index in [0.717, 1.165) is 5.56 Å². The van der Waals surface area contributed by atoms with E-state index >= 15 is 0 Å². The molecule has 0 unspecified atom stereocenters. The highest BCUT2D eigenvalue weighted by molar-refractivity contribution is 6.00. The fraction of sp³-hybridized carbons (Fsp3) is 0.188. The van der Waals surface area contributed by atoms with Gasteiger partial charge in [-0.05, 0) is 36.8 Å². The molecule has 2 rings (SSSR count). The molecule has 0 saturated carbocycles. The zero-order valence-corrected chi connectivity index (χ0v) is 10.2. The molecule has 1 aliphatic rings. The predicted molar refractivity (Wildman–Crippen MR) is 70.8 cm³/mol. The second-order valence-corrected chi connectivity index (χ2v) is 3.94. The maximum absolute atomic E-state index is 11.3. The molecular formula is C16H14O2. The Kier molecular flexibility index (Phi) is 3.76. The molecule has 0 aromatic heterocycles. The van der Waals surface area contributed by atoms with E-state index in [-0.39, 0.29) is 5.78 Å². The SMILES string of the molecule is CC#CCOC1(c2ccccc2)C=CC(=O)C=C1. The van der Waals surface area contributed by atoms with Crippen molar-refractivity contribution in [3.63, 3.8) is 0 Å². The van der Waals surface area contributed by atoms with Gasteiger partial charge in [0.25, 0.3) is 0 Å². The van der Waals surface area contributed by atoms with Crippen LogP contribution in [0.4, 0.5) is 0 Å². The molecule has 1 aromatic carbocycles. The summed E-state index contributed by atoms with van der Waals surface area (Å²) in [5, 5.41) is 0. The van der Waals surface area contributed by atoms with Gasteiger partial charge in [0.15, 0.2) is 5.78 Å². The Hall–Kier alpha value is -2.11. The van der Waals surface area contributed by atoms with Gasteiger partial charge in [0.1, 0.15) is 12.2 Å². The number of carbonyl (C=O) groups is 1. The van der Waals surface area contributed by atoms with Crippen molar-refractivity contribution in [2.24, 2.45) is 0 Å². The third kappa shape index (κ3) is 2.58. The monoisotopic (exact) mass is 238 g/mol. The largest absolute Gasteiger partial charge is 0.349 e. The third-order valence-corrected chi connectivity index (χ3v) is 2.78.